The number of rotatable bonds is 3. The van der Waals surface area contributed by atoms with Gasteiger partial charge in [-0.05, 0) is 48.9 Å². The highest BCUT2D eigenvalue weighted by Crippen LogP contribution is 2.33. The standard InChI is InChI=1S/C19H16F3N3O/c1-2-17-12-25(16-5-3-4-14(10-16)19(20,21)22)18(26-17)24-15-8-6-13(11-23)7-9-15/h3-10,17H,2,12H2,1H3. The van der Waals surface area contributed by atoms with Crippen LogP contribution in [-0.2, 0) is 10.9 Å². The minimum atomic E-state index is -4.41. The molecule has 1 fully saturated rings. The molecule has 26 heavy (non-hydrogen) atoms. The number of nitriles is 1. The van der Waals surface area contributed by atoms with Gasteiger partial charge in [0.2, 0.25) is 0 Å². The molecule has 2 aromatic rings. The zero-order chi connectivity index (χ0) is 18.7. The Labute approximate surface area is 149 Å². The highest BCUT2D eigenvalue weighted by molar-refractivity contribution is 5.95. The number of halogens is 3. The molecule has 1 aliphatic heterocycles. The second kappa shape index (κ2) is 7.08. The Bertz CT molecular complexity index is 854. The Morgan fingerprint density at radius 3 is 2.58 bits per heavy atom. The molecule has 3 rings (SSSR count). The molecule has 0 aliphatic carbocycles. The minimum absolute atomic E-state index is 0.151. The summed E-state index contributed by atoms with van der Waals surface area (Å²) in [6.45, 7) is 2.37. The zero-order valence-electron chi connectivity index (χ0n) is 14.0. The quantitative estimate of drug-likeness (QED) is 0.785. The summed E-state index contributed by atoms with van der Waals surface area (Å²) in [5, 5.41) is 8.85. The molecule has 2 aromatic carbocycles. The summed E-state index contributed by atoms with van der Waals surface area (Å²) in [7, 11) is 0. The van der Waals surface area contributed by atoms with E-state index in [0.717, 1.165) is 12.1 Å². The van der Waals surface area contributed by atoms with Crippen LogP contribution < -0.4 is 4.90 Å². The molecule has 134 valence electrons. The minimum Gasteiger partial charge on any atom is -0.459 e. The van der Waals surface area contributed by atoms with Crippen LogP contribution >= 0.6 is 0 Å². The number of ether oxygens (including phenoxy) is 1. The maximum Gasteiger partial charge on any atom is 0.416 e. The number of hydrogen-bond acceptors (Lipinski definition) is 3. The van der Waals surface area contributed by atoms with E-state index in [1.54, 1.807) is 35.2 Å². The molecule has 0 bridgehead atoms. The molecule has 4 nitrogen and oxygen atoms in total. The molecule has 1 aliphatic rings. The van der Waals surface area contributed by atoms with Gasteiger partial charge in [0, 0.05) is 5.69 Å². The first-order valence-corrected chi connectivity index (χ1v) is 8.11. The van der Waals surface area contributed by atoms with E-state index >= 15 is 0 Å². The summed E-state index contributed by atoms with van der Waals surface area (Å²) in [5.74, 6) is 0. The molecule has 0 N–H and O–H groups in total. The van der Waals surface area contributed by atoms with Crippen molar-refractivity contribution in [2.45, 2.75) is 25.6 Å². The van der Waals surface area contributed by atoms with Crippen LogP contribution in [0.4, 0.5) is 24.5 Å². The topological polar surface area (TPSA) is 48.6 Å². The maximum absolute atomic E-state index is 13.0. The molecule has 1 unspecified atom stereocenters. The Kier molecular flexibility index (Phi) is 4.85. The lowest BCUT2D eigenvalue weighted by molar-refractivity contribution is -0.137. The van der Waals surface area contributed by atoms with Gasteiger partial charge in [-0.2, -0.15) is 23.4 Å². The van der Waals surface area contributed by atoms with Crippen LogP contribution in [0.3, 0.4) is 0 Å². The number of nitrogens with zero attached hydrogens (tertiary/aromatic N) is 3. The van der Waals surface area contributed by atoms with Gasteiger partial charge >= 0.3 is 6.18 Å². The second-order valence-electron chi connectivity index (χ2n) is 5.86. The lowest BCUT2D eigenvalue weighted by Gasteiger charge is -2.17. The number of aliphatic imine (C=N–C) groups is 1. The second-order valence-corrected chi connectivity index (χ2v) is 5.86. The first kappa shape index (κ1) is 17.8. The molecule has 1 heterocycles. The van der Waals surface area contributed by atoms with Crippen molar-refractivity contribution in [1.82, 2.24) is 0 Å². The van der Waals surface area contributed by atoms with Gasteiger partial charge in [-0.15, -0.1) is 0 Å². The molecule has 7 heteroatoms. The monoisotopic (exact) mass is 359 g/mol. The van der Waals surface area contributed by atoms with Gasteiger partial charge in [-0.1, -0.05) is 13.0 Å². The molecule has 1 saturated heterocycles. The normalized spacial score (nSPS) is 18.7. The van der Waals surface area contributed by atoms with Gasteiger partial charge in [0.15, 0.2) is 0 Å². The van der Waals surface area contributed by atoms with Crippen LogP contribution in [0.2, 0.25) is 0 Å². The van der Waals surface area contributed by atoms with E-state index in [0.29, 0.717) is 29.9 Å². The van der Waals surface area contributed by atoms with Gasteiger partial charge in [0.25, 0.3) is 6.02 Å². The molecule has 0 spiro atoms. The molecule has 0 radical (unpaired) electrons. The molecule has 0 aromatic heterocycles. The Hall–Kier alpha value is -3.01. The fourth-order valence-corrected chi connectivity index (χ4v) is 2.62. The lowest BCUT2D eigenvalue weighted by atomic mass is 10.1. The van der Waals surface area contributed by atoms with Crippen molar-refractivity contribution in [3.63, 3.8) is 0 Å². The number of benzene rings is 2. The summed E-state index contributed by atoms with van der Waals surface area (Å²) < 4.78 is 44.8. The van der Waals surface area contributed by atoms with E-state index in [4.69, 9.17) is 10.00 Å². The molecule has 0 amide bonds. The van der Waals surface area contributed by atoms with Crippen molar-refractivity contribution in [2.75, 3.05) is 11.4 Å². The van der Waals surface area contributed by atoms with Gasteiger partial charge in [0.05, 0.1) is 29.4 Å². The van der Waals surface area contributed by atoms with Gasteiger partial charge < -0.3 is 4.74 Å². The van der Waals surface area contributed by atoms with Gasteiger partial charge in [-0.3, -0.25) is 4.90 Å². The number of anilines is 1. The van der Waals surface area contributed by atoms with Crippen LogP contribution in [0.1, 0.15) is 24.5 Å². The first-order valence-electron chi connectivity index (χ1n) is 8.11. The Balaban J connectivity index is 1.95. The third kappa shape index (κ3) is 3.80. The van der Waals surface area contributed by atoms with E-state index < -0.39 is 11.7 Å². The van der Waals surface area contributed by atoms with E-state index in [9.17, 15) is 13.2 Å². The molecule has 1 atom stereocenters. The Morgan fingerprint density at radius 2 is 1.96 bits per heavy atom. The van der Waals surface area contributed by atoms with Crippen LogP contribution in [0.25, 0.3) is 0 Å². The van der Waals surface area contributed by atoms with Crippen molar-refractivity contribution in [1.29, 1.82) is 5.26 Å². The van der Waals surface area contributed by atoms with Crippen molar-refractivity contribution in [2.24, 2.45) is 4.99 Å². The van der Waals surface area contributed by atoms with Crippen LogP contribution in [0.15, 0.2) is 53.5 Å². The summed E-state index contributed by atoms with van der Waals surface area (Å²) in [6.07, 6.45) is -3.85. The summed E-state index contributed by atoms with van der Waals surface area (Å²) >= 11 is 0. The van der Waals surface area contributed by atoms with E-state index in [1.807, 2.05) is 13.0 Å². The van der Waals surface area contributed by atoms with E-state index in [2.05, 4.69) is 4.99 Å². The van der Waals surface area contributed by atoms with Crippen molar-refractivity contribution >= 4 is 17.4 Å². The third-order valence-corrected chi connectivity index (χ3v) is 4.05. The molecule has 0 saturated carbocycles. The van der Waals surface area contributed by atoms with E-state index in [-0.39, 0.29) is 12.1 Å². The Morgan fingerprint density at radius 1 is 1.23 bits per heavy atom. The summed E-state index contributed by atoms with van der Waals surface area (Å²) in [5.41, 5.74) is 0.728. The van der Waals surface area contributed by atoms with Gasteiger partial charge in [-0.25, -0.2) is 0 Å². The highest BCUT2D eigenvalue weighted by Gasteiger charge is 2.34. The number of alkyl halides is 3. The van der Waals surface area contributed by atoms with Crippen molar-refractivity contribution in [3.05, 3.63) is 59.7 Å². The summed E-state index contributed by atoms with van der Waals surface area (Å²) in [4.78, 5) is 6.05. The highest BCUT2D eigenvalue weighted by atomic mass is 19.4. The molecular formula is C19H16F3N3O. The van der Waals surface area contributed by atoms with Gasteiger partial charge in [0.1, 0.15) is 6.10 Å². The van der Waals surface area contributed by atoms with Crippen LogP contribution in [-0.4, -0.2) is 18.7 Å². The largest absolute Gasteiger partial charge is 0.459 e. The smallest absolute Gasteiger partial charge is 0.416 e. The number of amidine groups is 1. The first-order chi connectivity index (χ1) is 12.4. The summed E-state index contributed by atoms with van der Waals surface area (Å²) in [6, 6.07) is 14.0. The number of hydrogen-bond donors (Lipinski definition) is 0. The fraction of sp³-hybridized carbons (Fsp3) is 0.263. The maximum atomic E-state index is 13.0. The van der Waals surface area contributed by atoms with Crippen molar-refractivity contribution < 1.29 is 17.9 Å². The van der Waals surface area contributed by atoms with Crippen LogP contribution in [0.5, 0.6) is 0 Å². The third-order valence-electron chi connectivity index (χ3n) is 4.05. The average Bonchev–Trinajstić information content (AvgIpc) is 3.05. The van der Waals surface area contributed by atoms with E-state index in [1.165, 1.54) is 6.07 Å². The van der Waals surface area contributed by atoms with Crippen molar-refractivity contribution in [3.8, 4) is 6.07 Å². The predicted molar refractivity (Wildman–Crippen MR) is 92.2 cm³/mol. The average molecular weight is 359 g/mol. The molecular weight excluding hydrogens is 343 g/mol. The van der Waals surface area contributed by atoms with Crippen LogP contribution in [0, 0.1) is 11.3 Å². The SMILES string of the molecule is CCC1CN(c2cccc(C(F)(F)F)c2)C(=Nc2ccc(C#N)cc2)O1. The fourth-order valence-electron chi connectivity index (χ4n) is 2.62. The zero-order valence-corrected chi connectivity index (χ0v) is 14.0. The predicted octanol–water partition coefficient (Wildman–Crippen LogP) is 4.88. The lowest BCUT2D eigenvalue weighted by Crippen LogP contribution is -2.26.